The molecule has 124 valence electrons. The Morgan fingerprint density at radius 3 is 2.96 bits per heavy atom. The predicted octanol–water partition coefficient (Wildman–Crippen LogP) is 2.50. The lowest BCUT2D eigenvalue weighted by Gasteiger charge is -2.31. The summed E-state index contributed by atoms with van der Waals surface area (Å²) in [6.45, 7) is 7.69. The molecule has 0 spiro atoms. The van der Waals surface area contributed by atoms with Crippen molar-refractivity contribution in [2.24, 2.45) is 5.92 Å². The second-order valence-electron chi connectivity index (χ2n) is 6.81. The van der Waals surface area contributed by atoms with Crippen LogP contribution in [0.3, 0.4) is 0 Å². The number of nitrogens with zero attached hydrogens (tertiary/aromatic N) is 2. The van der Waals surface area contributed by atoms with Crippen LogP contribution in [-0.2, 0) is 17.6 Å². The van der Waals surface area contributed by atoms with E-state index in [1.54, 1.807) is 11.3 Å². The van der Waals surface area contributed by atoms with Gasteiger partial charge in [0.2, 0.25) is 0 Å². The first-order valence-corrected chi connectivity index (χ1v) is 9.31. The number of aromatic nitrogens is 2. The van der Waals surface area contributed by atoms with Gasteiger partial charge in [-0.2, -0.15) is 0 Å². The second kappa shape index (κ2) is 6.00. The van der Waals surface area contributed by atoms with Crippen molar-refractivity contribution < 1.29 is 4.74 Å². The Kier molecular flexibility index (Phi) is 3.99. The highest BCUT2D eigenvalue weighted by Gasteiger charge is 2.25. The first-order valence-electron chi connectivity index (χ1n) is 8.49. The lowest BCUT2D eigenvalue weighted by molar-refractivity contribution is 0.0182. The van der Waals surface area contributed by atoms with E-state index in [-0.39, 0.29) is 11.6 Å². The molecule has 0 amide bonds. The molecule has 0 bridgehead atoms. The van der Waals surface area contributed by atoms with Crippen LogP contribution in [0.15, 0.2) is 4.79 Å². The highest BCUT2D eigenvalue weighted by molar-refractivity contribution is 7.18. The number of rotatable bonds is 2. The van der Waals surface area contributed by atoms with E-state index in [4.69, 9.17) is 9.72 Å². The molecule has 3 heterocycles. The summed E-state index contributed by atoms with van der Waals surface area (Å²) in [5.74, 6) is 1.50. The van der Waals surface area contributed by atoms with Crippen molar-refractivity contribution in [3.05, 3.63) is 26.6 Å². The Morgan fingerprint density at radius 1 is 1.39 bits per heavy atom. The van der Waals surface area contributed by atoms with Gasteiger partial charge in [0.25, 0.3) is 5.56 Å². The molecule has 2 aliphatic rings. The van der Waals surface area contributed by atoms with E-state index in [2.05, 4.69) is 23.7 Å². The number of hydrogen-bond acceptors (Lipinski definition) is 5. The fourth-order valence-electron chi connectivity index (χ4n) is 3.70. The standard InChI is InChI=1S/C17H23N3O2S/c1-10-3-4-12-13(9-10)23-17-14(12)16(21)18-15(19-17)11(2)20-5-7-22-8-6-20/h10-11H,3-9H2,1-2H3,(H,18,19,21)/t10-,11-/m1/s1. The number of nitrogens with one attached hydrogen (secondary N) is 1. The molecule has 2 atom stereocenters. The van der Waals surface area contributed by atoms with Crippen molar-refractivity contribution >= 4 is 21.6 Å². The van der Waals surface area contributed by atoms with Crippen LogP contribution < -0.4 is 5.56 Å². The molecular formula is C17H23N3O2S. The van der Waals surface area contributed by atoms with Crippen molar-refractivity contribution in [1.29, 1.82) is 0 Å². The third kappa shape index (κ3) is 2.73. The van der Waals surface area contributed by atoms with Crippen molar-refractivity contribution in [2.45, 2.75) is 39.2 Å². The Labute approximate surface area is 139 Å². The van der Waals surface area contributed by atoms with Gasteiger partial charge in [-0.05, 0) is 37.7 Å². The minimum Gasteiger partial charge on any atom is -0.379 e. The highest BCUT2D eigenvalue weighted by atomic mass is 32.1. The Hall–Kier alpha value is -1.24. The molecule has 0 radical (unpaired) electrons. The monoisotopic (exact) mass is 333 g/mol. The average Bonchev–Trinajstić information content (AvgIpc) is 2.92. The number of aromatic amines is 1. The maximum Gasteiger partial charge on any atom is 0.259 e. The molecule has 5 nitrogen and oxygen atoms in total. The van der Waals surface area contributed by atoms with E-state index in [0.29, 0.717) is 5.92 Å². The number of aryl methyl sites for hydroxylation is 1. The molecule has 2 aromatic rings. The topological polar surface area (TPSA) is 58.2 Å². The molecule has 0 saturated carbocycles. The zero-order valence-corrected chi connectivity index (χ0v) is 14.5. The van der Waals surface area contributed by atoms with Gasteiger partial charge in [0.15, 0.2) is 0 Å². The molecule has 23 heavy (non-hydrogen) atoms. The Morgan fingerprint density at radius 2 is 2.17 bits per heavy atom. The number of fused-ring (bicyclic) bond motifs is 3. The molecule has 2 aromatic heterocycles. The smallest absolute Gasteiger partial charge is 0.259 e. The second-order valence-corrected chi connectivity index (χ2v) is 7.89. The average molecular weight is 333 g/mol. The summed E-state index contributed by atoms with van der Waals surface area (Å²) >= 11 is 1.72. The number of thiophene rings is 1. The van der Waals surface area contributed by atoms with Gasteiger partial charge in [0.1, 0.15) is 10.7 Å². The largest absolute Gasteiger partial charge is 0.379 e. The third-order valence-electron chi connectivity index (χ3n) is 5.17. The first-order chi connectivity index (χ1) is 11.1. The van der Waals surface area contributed by atoms with Gasteiger partial charge in [-0.1, -0.05) is 6.92 Å². The predicted molar refractivity (Wildman–Crippen MR) is 92.2 cm³/mol. The molecule has 6 heteroatoms. The molecule has 1 fully saturated rings. The summed E-state index contributed by atoms with van der Waals surface area (Å²) in [6.07, 6.45) is 3.27. The zero-order chi connectivity index (χ0) is 16.0. The molecule has 0 unspecified atom stereocenters. The van der Waals surface area contributed by atoms with E-state index in [1.165, 1.54) is 16.9 Å². The van der Waals surface area contributed by atoms with Crippen molar-refractivity contribution in [1.82, 2.24) is 14.9 Å². The van der Waals surface area contributed by atoms with E-state index in [9.17, 15) is 4.79 Å². The van der Waals surface area contributed by atoms with Crippen molar-refractivity contribution in [3.8, 4) is 0 Å². The first kappa shape index (κ1) is 15.3. The van der Waals surface area contributed by atoms with Gasteiger partial charge in [-0.15, -0.1) is 11.3 Å². The lowest BCUT2D eigenvalue weighted by atomic mass is 9.89. The number of H-pyrrole nitrogens is 1. The maximum atomic E-state index is 12.7. The minimum atomic E-state index is 0.0390. The summed E-state index contributed by atoms with van der Waals surface area (Å²) in [5.41, 5.74) is 1.29. The van der Waals surface area contributed by atoms with Gasteiger partial charge in [0, 0.05) is 18.0 Å². The summed E-state index contributed by atoms with van der Waals surface area (Å²) in [5, 5.41) is 0.842. The minimum absolute atomic E-state index is 0.0390. The number of ether oxygens (including phenoxy) is 1. The van der Waals surface area contributed by atoms with Crippen LogP contribution in [0.2, 0.25) is 0 Å². The molecule has 1 aliphatic heterocycles. The molecule has 1 N–H and O–H groups in total. The molecular weight excluding hydrogens is 310 g/mol. The van der Waals surface area contributed by atoms with Gasteiger partial charge >= 0.3 is 0 Å². The van der Waals surface area contributed by atoms with Gasteiger partial charge < -0.3 is 9.72 Å². The molecule has 1 aliphatic carbocycles. The van der Waals surface area contributed by atoms with Crippen molar-refractivity contribution in [2.75, 3.05) is 26.3 Å². The van der Waals surface area contributed by atoms with Crippen LogP contribution in [0.25, 0.3) is 10.2 Å². The van der Waals surface area contributed by atoms with Crippen LogP contribution in [-0.4, -0.2) is 41.2 Å². The summed E-state index contributed by atoms with van der Waals surface area (Å²) < 4.78 is 5.41. The summed E-state index contributed by atoms with van der Waals surface area (Å²) in [7, 11) is 0. The quantitative estimate of drug-likeness (QED) is 0.917. The fraction of sp³-hybridized carbons (Fsp3) is 0.647. The van der Waals surface area contributed by atoms with Crippen molar-refractivity contribution in [3.63, 3.8) is 0 Å². The van der Waals surface area contributed by atoms with E-state index in [1.807, 2.05) is 0 Å². The van der Waals surface area contributed by atoms with E-state index < -0.39 is 0 Å². The normalized spacial score (nSPS) is 23.8. The molecule has 0 aromatic carbocycles. The summed E-state index contributed by atoms with van der Waals surface area (Å²) in [4.78, 5) is 25.2. The highest BCUT2D eigenvalue weighted by Crippen LogP contribution is 2.36. The molecule has 1 saturated heterocycles. The van der Waals surface area contributed by atoms with Crippen LogP contribution in [0, 0.1) is 5.92 Å². The maximum absolute atomic E-state index is 12.7. The van der Waals surface area contributed by atoms with Crippen LogP contribution in [0.4, 0.5) is 0 Å². The van der Waals surface area contributed by atoms with E-state index in [0.717, 1.165) is 55.2 Å². The Balaban J connectivity index is 1.74. The van der Waals surface area contributed by atoms with Crippen LogP contribution in [0.1, 0.15) is 42.6 Å². The number of hydrogen-bond donors (Lipinski definition) is 1. The zero-order valence-electron chi connectivity index (χ0n) is 13.7. The summed E-state index contributed by atoms with van der Waals surface area (Å²) in [6, 6.07) is 0.119. The van der Waals surface area contributed by atoms with Gasteiger partial charge in [-0.25, -0.2) is 4.98 Å². The third-order valence-corrected chi connectivity index (χ3v) is 6.32. The van der Waals surface area contributed by atoms with Crippen LogP contribution >= 0.6 is 11.3 Å². The lowest BCUT2D eigenvalue weighted by Crippen LogP contribution is -2.39. The van der Waals surface area contributed by atoms with Crippen LogP contribution in [0.5, 0.6) is 0 Å². The van der Waals surface area contributed by atoms with Gasteiger partial charge in [-0.3, -0.25) is 9.69 Å². The Bertz CT molecular complexity index is 776. The SMILES string of the molecule is C[C@@H]1CCc2c(sc3nc([C@@H](C)N4CCOCC4)[nH]c(=O)c23)C1. The van der Waals surface area contributed by atoms with E-state index >= 15 is 0 Å². The number of morpholine rings is 1. The van der Waals surface area contributed by atoms with Gasteiger partial charge in [0.05, 0.1) is 24.6 Å². The fourth-order valence-corrected chi connectivity index (χ4v) is 5.09. The molecule has 4 rings (SSSR count).